The lowest BCUT2D eigenvalue weighted by Crippen LogP contribution is -2.05. The molecule has 0 fully saturated rings. The van der Waals surface area contributed by atoms with Crippen LogP contribution in [-0.4, -0.2) is 20.3 Å². The first kappa shape index (κ1) is 11.5. The van der Waals surface area contributed by atoms with Crippen molar-refractivity contribution in [1.82, 2.24) is 0 Å². The monoisotopic (exact) mass is 258 g/mol. The van der Waals surface area contributed by atoms with Gasteiger partial charge in [0, 0.05) is 17.1 Å². The quantitative estimate of drug-likeness (QED) is 0.757. The number of rotatable bonds is 5. The summed E-state index contributed by atoms with van der Waals surface area (Å²) in [5.74, 6) is 0.943. The molecule has 2 nitrogen and oxygen atoms in total. The molecule has 0 N–H and O–H groups in total. The molecule has 0 aliphatic carbocycles. The molecular formula is C11H15BrO2. The Bertz CT molecular complexity index is 287. The molecule has 0 aliphatic rings. The lowest BCUT2D eigenvalue weighted by Gasteiger charge is -2.11. The Labute approximate surface area is 93.4 Å². The van der Waals surface area contributed by atoms with Gasteiger partial charge in [-0.2, -0.15) is 0 Å². The highest BCUT2D eigenvalue weighted by molar-refractivity contribution is 9.10. The molecule has 0 unspecified atom stereocenters. The molecule has 0 atom stereocenters. The lowest BCUT2D eigenvalue weighted by molar-refractivity contribution is 0.146. The van der Waals surface area contributed by atoms with E-state index in [9.17, 15) is 0 Å². The summed E-state index contributed by atoms with van der Waals surface area (Å²) in [7, 11) is 1.67. The summed E-state index contributed by atoms with van der Waals surface area (Å²) in [4.78, 5) is 0. The zero-order valence-corrected chi connectivity index (χ0v) is 10.1. The first-order valence-electron chi connectivity index (χ1n) is 4.68. The smallest absolute Gasteiger partial charge is 0.123 e. The van der Waals surface area contributed by atoms with Gasteiger partial charge in [-0.25, -0.2) is 0 Å². The van der Waals surface area contributed by atoms with E-state index in [-0.39, 0.29) is 0 Å². The van der Waals surface area contributed by atoms with Gasteiger partial charge in [-0.1, -0.05) is 28.9 Å². The fraction of sp³-hybridized carbons (Fsp3) is 0.455. The van der Waals surface area contributed by atoms with Crippen LogP contribution in [-0.2, 0) is 11.2 Å². The lowest BCUT2D eigenvalue weighted by atomic mass is 10.1. The number of halogens is 1. The van der Waals surface area contributed by atoms with Crippen LogP contribution in [0.25, 0.3) is 0 Å². The van der Waals surface area contributed by atoms with Gasteiger partial charge in [-0.15, -0.1) is 0 Å². The van der Waals surface area contributed by atoms with Crippen molar-refractivity contribution < 1.29 is 9.47 Å². The molecule has 1 rings (SSSR count). The molecule has 0 amide bonds. The van der Waals surface area contributed by atoms with E-state index >= 15 is 0 Å². The van der Waals surface area contributed by atoms with Crippen molar-refractivity contribution in [3.8, 4) is 5.75 Å². The Morgan fingerprint density at radius 2 is 2.07 bits per heavy atom. The molecule has 0 heterocycles. The van der Waals surface area contributed by atoms with Gasteiger partial charge in [-0.05, 0) is 18.6 Å². The van der Waals surface area contributed by atoms with Crippen molar-refractivity contribution >= 4 is 15.9 Å². The molecule has 0 saturated carbocycles. The number of methoxy groups -OCH3 is 1. The van der Waals surface area contributed by atoms with Gasteiger partial charge in [0.15, 0.2) is 0 Å². The molecule has 0 bridgehead atoms. The second kappa shape index (κ2) is 6.04. The standard InChI is InChI=1S/C11H15BrO2/c1-3-9-10(12)5-4-6-11(9)14-8-7-13-2/h4-6H,3,7-8H2,1-2H3. The summed E-state index contributed by atoms with van der Waals surface area (Å²) in [6.45, 7) is 3.33. The van der Waals surface area contributed by atoms with E-state index in [4.69, 9.17) is 9.47 Å². The predicted octanol–water partition coefficient (Wildman–Crippen LogP) is 3.04. The zero-order valence-electron chi connectivity index (χ0n) is 8.55. The van der Waals surface area contributed by atoms with E-state index in [1.807, 2.05) is 18.2 Å². The summed E-state index contributed by atoms with van der Waals surface area (Å²) < 4.78 is 11.6. The maximum atomic E-state index is 5.59. The van der Waals surface area contributed by atoms with Gasteiger partial charge >= 0.3 is 0 Å². The van der Waals surface area contributed by atoms with Crippen LogP contribution in [0.15, 0.2) is 22.7 Å². The van der Waals surface area contributed by atoms with Gasteiger partial charge in [-0.3, -0.25) is 0 Å². The van der Waals surface area contributed by atoms with Crippen LogP contribution in [0.1, 0.15) is 12.5 Å². The van der Waals surface area contributed by atoms with E-state index in [1.54, 1.807) is 7.11 Å². The topological polar surface area (TPSA) is 18.5 Å². The number of ether oxygens (including phenoxy) is 2. The Morgan fingerprint density at radius 1 is 1.29 bits per heavy atom. The molecule has 1 aromatic rings. The fourth-order valence-corrected chi connectivity index (χ4v) is 1.88. The van der Waals surface area contributed by atoms with Crippen LogP contribution < -0.4 is 4.74 Å². The number of hydrogen-bond donors (Lipinski definition) is 0. The summed E-state index contributed by atoms with van der Waals surface area (Å²) in [5.41, 5.74) is 1.21. The molecule has 14 heavy (non-hydrogen) atoms. The predicted molar refractivity (Wildman–Crippen MR) is 60.9 cm³/mol. The molecule has 1 aromatic carbocycles. The van der Waals surface area contributed by atoms with E-state index in [1.165, 1.54) is 5.56 Å². The minimum absolute atomic E-state index is 0.597. The van der Waals surface area contributed by atoms with Crippen molar-refractivity contribution in [2.24, 2.45) is 0 Å². The number of benzene rings is 1. The van der Waals surface area contributed by atoms with Crippen LogP contribution in [0.4, 0.5) is 0 Å². The minimum Gasteiger partial charge on any atom is -0.491 e. The van der Waals surface area contributed by atoms with Crippen molar-refractivity contribution in [2.45, 2.75) is 13.3 Å². The van der Waals surface area contributed by atoms with E-state index in [0.717, 1.165) is 16.6 Å². The summed E-state index contributed by atoms with van der Waals surface area (Å²) in [5, 5.41) is 0. The summed E-state index contributed by atoms with van der Waals surface area (Å²) in [6.07, 6.45) is 0.962. The SMILES string of the molecule is CCc1c(Br)cccc1OCCOC. The van der Waals surface area contributed by atoms with E-state index < -0.39 is 0 Å². The number of hydrogen-bond acceptors (Lipinski definition) is 2. The van der Waals surface area contributed by atoms with E-state index in [2.05, 4.69) is 22.9 Å². The summed E-state index contributed by atoms with van der Waals surface area (Å²) in [6, 6.07) is 5.99. The third kappa shape index (κ3) is 3.00. The van der Waals surface area contributed by atoms with Crippen LogP contribution in [0.5, 0.6) is 5.75 Å². The third-order valence-electron chi connectivity index (χ3n) is 1.97. The second-order valence-electron chi connectivity index (χ2n) is 2.91. The normalized spacial score (nSPS) is 10.2. The molecular weight excluding hydrogens is 244 g/mol. The largest absolute Gasteiger partial charge is 0.491 e. The zero-order chi connectivity index (χ0) is 10.4. The molecule has 0 radical (unpaired) electrons. The highest BCUT2D eigenvalue weighted by Crippen LogP contribution is 2.26. The molecule has 0 saturated heterocycles. The summed E-state index contributed by atoms with van der Waals surface area (Å²) >= 11 is 3.51. The highest BCUT2D eigenvalue weighted by Gasteiger charge is 2.04. The molecule has 0 aliphatic heterocycles. The van der Waals surface area contributed by atoms with E-state index in [0.29, 0.717) is 13.2 Å². The maximum absolute atomic E-state index is 5.59. The van der Waals surface area contributed by atoms with Crippen LogP contribution in [0.3, 0.4) is 0 Å². The minimum atomic E-state index is 0.597. The first-order valence-corrected chi connectivity index (χ1v) is 5.48. The molecule has 0 aromatic heterocycles. The molecule has 78 valence electrons. The Balaban J connectivity index is 2.70. The van der Waals surface area contributed by atoms with Crippen LogP contribution >= 0.6 is 15.9 Å². The Morgan fingerprint density at radius 3 is 2.71 bits per heavy atom. The van der Waals surface area contributed by atoms with Gasteiger partial charge in [0.1, 0.15) is 12.4 Å². The third-order valence-corrected chi connectivity index (χ3v) is 2.72. The van der Waals surface area contributed by atoms with Gasteiger partial charge in [0.05, 0.1) is 6.61 Å². The van der Waals surface area contributed by atoms with Crippen LogP contribution in [0.2, 0.25) is 0 Å². The van der Waals surface area contributed by atoms with Gasteiger partial charge in [0.2, 0.25) is 0 Å². The Kier molecular flexibility index (Phi) is 4.98. The highest BCUT2D eigenvalue weighted by atomic mass is 79.9. The van der Waals surface area contributed by atoms with Crippen molar-refractivity contribution in [3.63, 3.8) is 0 Å². The average Bonchev–Trinajstić information content (AvgIpc) is 2.18. The van der Waals surface area contributed by atoms with Crippen LogP contribution in [0, 0.1) is 0 Å². The molecule has 3 heteroatoms. The maximum Gasteiger partial charge on any atom is 0.123 e. The van der Waals surface area contributed by atoms with Crippen molar-refractivity contribution in [3.05, 3.63) is 28.2 Å². The fourth-order valence-electron chi connectivity index (χ4n) is 1.25. The van der Waals surface area contributed by atoms with Gasteiger partial charge < -0.3 is 9.47 Å². The van der Waals surface area contributed by atoms with Crippen molar-refractivity contribution in [2.75, 3.05) is 20.3 Å². The Hall–Kier alpha value is -0.540. The second-order valence-corrected chi connectivity index (χ2v) is 3.77. The molecule has 0 spiro atoms. The first-order chi connectivity index (χ1) is 6.79. The average molecular weight is 259 g/mol. The van der Waals surface area contributed by atoms with Gasteiger partial charge in [0.25, 0.3) is 0 Å². The van der Waals surface area contributed by atoms with Crippen molar-refractivity contribution in [1.29, 1.82) is 0 Å².